The SMILES string of the molecule is FC(F)Oc1c(I)ccc(Br)c1Br. The van der Waals surface area contributed by atoms with Gasteiger partial charge < -0.3 is 4.74 Å². The zero-order valence-electron chi connectivity index (χ0n) is 6.03. The third-order valence-corrected chi connectivity index (χ3v) is 4.04. The van der Waals surface area contributed by atoms with Crippen LogP contribution in [-0.4, -0.2) is 6.61 Å². The number of hydrogen-bond donors (Lipinski definition) is 0. The summed E-state index contributed by atoms with van der Waals surface area (Å²) >= 11 is 8.27. The zero-order valence-corrected chi connectivity index (χ0v) is 11.4. The third-order valence-electron chi connectivity index (χ3n) is 1.21. The first-order valence-corrected chi connectivity index (χ1v) is 5.77. The van der Waals surface area contributed by atoms with Crippen molar-refractivity contribution in [2.45, 2.75) is 6.61 Å². The van der Waals surface area contributed by atoms with E-state index in [1.165, 1.54) is 0 Å². The van der Waals surface area contributed by atoms with Gasteiger partial charge in [0.15, 0.2) is 5.75 Å². The average molecular weight is 428 g/mol. The molecule has 1 rings (SSSR count). The van der Waals surface area contributed by atoms with Gasteiger partial charge in [0.25, 0.3) is 0 Å². The number of benzene rings is 1. The summed E-state index contributed by atoms with van der Waals surface area (Å²) in [6.07, 6.45) is 0. The lowest BCUT2D eigenvalue weighted by molar-refractivity contribution is -0.0509. The van der Waals surface area contributed by atoms with E-state index in [2.05, 4.69) is 36.6 Å². The van der Waals surface area contributed by atoms with Crippen molar-refractivity contribution < 1.29 is 13.5 Å². The van der Waals surface area contributed by atoms with E-state index in [-0.39, 0.29) is 5.75 Å². The number of hydrogen-bond acceptors (Lipinski definition) is 1. The highest BCUT2D eigenvalue weighted by molar-refractivity contribution is 14.1. The molecule has 0 atom stereocenters. The molecule has 0 amide bonds. The summed E-state index contributed by atoms with van der Waals surface area (Å²) in [5, 5.41) is 0. The Kier molecular flexibility index (Phi) is 4.37. The summed E-state index contributed by atoms with van der Waals surface area (Å²) in [5.74, 6) is 0.157. The molecule has 1 nitrogen and oxygen atoms in total. The molecule has 0 saturated carbocycles. The quantitative estimate of drug-likeness (QED) is 0.501. The smallest absolute Gasteiger partial charge is 0.387 e. The normalized spacial score (nSPS) is 10.6. The van der Waals surface area contributed by atoms with Crippen molar-refractivity contribution >= 4 is 54.5 Å². The van der Waals surface area contributed by atoms with Crippen molar-refractivity contribution in [3.63, 3.8) is 0 Å². The first-order chi connectivity index (χ1) is 6.02. The number of alkyl halides is 2. The first kappa shape index (κ1) is 11.6. The van der Waals surface area contributed by atoms with Gasteiger partial charge in [0, 0.05) is 4.47 Å². The molecule has 1 aromatic carbocycles. The van der Waals surface area contributed by atoms with Crippen LogP contribution in [0.2, 0.25) is 0 Å². The van der Waals surface area contributed by atoms with Crippen LogP contribution in [0.15, 0.2) is 21.1 Å². The number of ether oxygens (including phenoxy) is 1. The second-order valence-corrected chi connectivity index (χ2v) is 4.86. The van der Waals surface area contributed by atoms with Crippen molar-refractivity contribution in [2.75, 3.05) is 0 Å². The van der Waals surface area contributed by atoms with E-state index in [9.17, 15) is 8.78 Å². The average Bonchev–Trinajstić information content (AvgIpc) is 2.05. The van der Waals surface area contributed by atoms with Gasteiger partial charge in [-0.25, -0.2) is 0 Å². The summed E-state index contributed by atoms with van der Waals surface area (Å²) in [4.78, 5) is 0. The molecule has 0 aliphatic rings. The molecule has 0 radical (unpaired) electrons. The van der Waals surface area contributed by atoms with Gasteiger partial charge in [0.05, 0.1) is 8.04 Å². The van der Waals surface area contributed by atoms with E-state index in [0.29, 0.717) is 12.5 Å². The molecule has 13 heavy (non-hydrogen) atoms. The molecule has 0 heterocycles. The van der Waals surface area contributed by atoms with Crippen LogP contribution in [0.5, 0.6) is 5.75 Å². The molecule has 0 spiro atoms. The minimum atomic E-state index is -2.81. The molecule has 6 heteroatoms. The highest BCUT2D eigenvalue weighted by Gasteiger charge is 2.13. The lowest BCUT2D eigenvalue weighted by Gasteiger charge is -2.09. The lowest BCUT2D eigenvalue weighted by Crippen LogP contribution is -2.04. The summed E-state index contributed by atoms with van der Waals surface area (Å²) in [6, 6.07) is 3.44. The fourth-order valence-corrected chi connectivity index (χ4v) is 2.40. The van der Waals surface area contributed by atoms with Crippen LogP contribution in [0.25, 0.3) is 0 Å². The van der Waals surface area contributed by atoms with Gasteiger partial charge in [-0.15, -0.1) is 0 Å². The van der Waals surface area contributed by atoms with Gasteiger partial charge >= 0.3 is 6.61 Å². The lowest BCUT2D eigenvalue weighted by atomic mass is 10.3. The van der Waals surface area contributed by atoms with Crippen LogP contribution in [0.4, 0.5) is 8.78 Å². The molecule has 0 fully saturated rings. The van der Waals surface area contributed by atoms with Gasteiger partial charge in [-0.1, -0.05) is 0 Å². The van der Waals surface area contributed by atoms with Crippen molar-refractivity contribution in [3.8, 4) is 5.75 Å². The molecule has 72 valence electrons. The van der Waals surface area contributed by atoms with Gasteiger partial charge in [-0.3, -0.25) is 0 Å². The summed E-state index contributed by atoms with van der Waals surface area (Å²) in [7, 11) is 0. The fourth-order valence-electron chi connectivity index (χ4n) is 0.706. The third kappa shape index (κ3) is 3.02. The second-order valence-electron chi connectivity index (χ2n) is 2.05. The van der Waals surface area contributed by atoms with Gasteiger partial charge in [0.2, 0.25) is 0 Å². The minimum absolute atomic E-state index is 0.157. The molecule has 0 aromatic heterocycles. The van der Waals surface area contributed by atoms with Crippen LogP contribution in [0, 0.1) is 3.57 Å². The Hall–Kier alpha value is 0.570. The number of halogens is 5. The van der Waals surface area contributed by atoms with Crippen molar-refractivity contribution in [2.24, 2.45) is 0 Å². The van der Waals surface area contributed by atoms with E-state index in [0.717, 1.165) is 0 Å². The van der Waals surface area contributed by atoms with E-state index in [1.807, 2.05) is 22.6 Å². The van der Waals surface area contributed by atoms with Crippen LogP contribution >= 0.6 is 54.5 Å². The van der Waals surface area contributed by atoms with Crippen LogP contribution in [0.1, 0.15) is 0 Å². The monoisotopic (exact) mass is 426 g/mol. The highest BCUT2D eigenvalue weighted by atomic mass is 127. The maximum atomic E-state index is 12.0. The van der Waals surface area contributed by atoms with E-state index in [4.69, 9.17) is 0 Å². The Bertz CT molecular complexity index is 320. The maximum absolute atomic E-state index is 12.0. The molecule has 0 aliphatic carbocycles. The molecule has 0 saturated heterocycles. The summed E-state index contributed by atoms with van der Waals surface area (Å²) in [5.41, 5.74) is 0. The zero-order chi connectivity index (χ0) is 10.0. The molecule has 0 unspecified atom stereocenters. The van der Waals surface area contributed by atoms with Crippen molar-refractivity contribution in [3.05, 3.63) is 24.6 Å². The molecular weight excluding hydrogens is 425 g/mol. The van der Waals surface area contributed by atoms with Gasteiger partial charge in [-0.2, -0.15) is 8.78 Å². The Labute approximate surface area is 104 Å². The van der Waals surface area contributed by atoms with E-state index >= 15 is 0 Å². The van der Waals surface area contributed by atoms with Crippen LogP contribution in [-0.2, 0) is 0 Å². The van der Waals surface area contributed by atoms with Gasteiger partial charge in [0.1, 0.15) is 0 Å². The fraction of sp³-hybridized carbons (Fsp3) is 0.143. The molecule has 1 aromatic rings. The van der Waals surface area contributed by atoms with Crippen molar-refractivity contribution in [1.29, 1.82) is 0 Å². The van der Waals surface area contributed by atoms with E-state index in [1.54, 1.807) is 12.1 Å². The summed E-state index contributed by atoms with van der Waals surface area (Å²) in [6.45, 7) is -2.81. The Morgan fingerprint density at radius 3 is 2.46 bits per heavy atom. The van der Waals surface area contributed by atoms with E-state index < -0.39 is 6.61 Å². The van der Waals surface area contributed by atoms with Crippen molar-refractivity contribution in [1.82, 2.24) is 0 Å². The Morgan fingerprint density at radius 1 is 1.31 bits per heavy atom. The standard InChI is InChI=1S/C7H3Br2F2IO/c8-3-1-2-4(12)6(5(3)9)13-7(10)11/h1-2,7H. The first-order valence-electron chi connectivity index (χ1n) is 3.10. The Morgan fingerprint density at radius 2 is 1.92 bits per heavy atom. The predicted octanol–water partition coefficient (Wildman–Crippen LogP) is 4.42. The largest absolute Gasteiger partial charge is 0.432 e. The predicted molar refractivity (Wildman–Crippen MR) is 61.2 cm³/mol. The van der Waals surface area contributed by atoms with Crippen LogP contribution < -0.4 is 4.74 Å². The Balaban J connectivity index is 3.10. The molecule has 0 bridgehead atoms. The summed E-state index contributed by atoms with van der Waals surface area (Å²) < 4.78 is 30.1. The minimum Gasteiger partial charge on any atom is -0.432 e. The second kappa shape index (κ2) is 4.88. The highest BCUT2D eigenvalue weighted by Crippen LogP contribution is 2.37. The topological polar surface area (TPSA) is 9.23 Å². The van der Waals surface area contributed by atoms with Gasteiger partial charge in [-0.05, 0) is 66.6 Å². The maximum Gasteiger partial charge on any atom is 0.387 e. The number of rotatable bonds is 2. The molecule has 0 N–H and O–H groups in total. The van der Waals surface area contributed by atoms with Crippen LogP contribution in [0.3, 0.4) is 0 Å². The molecule has 0 aliphatic heterocycles. The molecular formula is C7H3Br2F2IO.